The van der Waals surface area contributed by atoms with Crippen molar-refractivity contribution in [3.8, 4) is 5.88 Å². The summed E-state index contributed by atoms with van der Waals surface area (Å²) in [7, 11) is 1.61. The smallest absolute Gasteiger partial charge is 0.244 e. The molecule has 0 saturated carbocycles. The van der Waals surface area contributed by atoms with Gasteiger partial charge >= 0.3 is 0 Å². The van der Waals surface area contributed by atoms with Gasteiger partial charge in [-0.05, 0) is 0 Å². The molecule has 6 heteroatoms. The van der Waals surface area contributed by atoms with Gasteiger partial charge in [0.2, 0.25) is 12.2 Å². The molecule has 0 saturated heterocycles. The van der Waals surface area contributed by atoms with Crippen molar-refractivity contribution < 1.29 is 19.4 Å². The topological polar surface area (TPSA) is 73.6 Å². The zero-order chi connectivity index (χ0) is 13.4. The molecule has 6 nitrogen and oxygen atoms in total. The van der Waals surface area contributed by atoms with E-state index in [1.807, 2.05) is 30.3 Å². The summed E-state index contributed by atoms with van der Waals surface area (Å²) < 4.78 is 12.3. The van der Waals surface area contributed by atoms with Crippen LogP contribution in [0.25, 0.3) is 0 Å². The van der Waals surface area contributed by atoms with Gasteiger partial charge in [-0.25, -0.2) is 0 Å². The van der Waals surface area contributed by atoms with Crippen molar-refractivity contribution >= 4 is 6.29 Å². The molecule has 1 aromatic heterocycles. The number of hydrogen-bond acceptors (Lipinski definition) is 5. The largest absolute Gasteiger partial charge is 0.442 e. The number of carbonyl (C=O) groups excluding carboxylic acids is 1. The Balaban J connectivity index is 1.99. The second-order valence-corrected chi connectivity index (χ2v) is 4.19. The van der Waals surface area contributed by atoms with Crippen LogP contribution in [0, 0.1) is 0 Å². The molecule has 0 bridgehead atoms. The summed E-state index contributed by atoms with van der Waals surface area (Å²) in [5.74, 6) is 0.220. The summed E-state index contributed by atoms with van der Waals surface area (Å²) in [6, 6.07) is 9.22. The minimum absolute atomic E-state index is 0.220. The Morgan fingerprint density at radius 2 is 2.11 bits per heavy atom. The molecule has 1 aliphatic rings. The van der Waals surface area contributed by atoms with Gasteiger partial charge in [0.25, 0.3) is 0 Å². The average molecular weight is 260 g/mol. The lowest BCUT2D eigenvalue weighted by molar-refractivity contribution is -0.222. The molecule has 2 aromatic rings. The lowest BCUT2D eigenvalue weighted by Crippen LogP contribution is -2.22. The van der Waals surface area contributed by atoms with Crippen LogP contribution in [0.4, 0.5) is 0 Å². The number of carbonyl (C=O) groups is 1. The van der Waals surface area contributed by atoms with E-state index in [0.717, 1.165) is 5.56 Å². The van der Waals surface area contributed by atoms with Gasteiger partial charge in [-0.1, -0.05) is 30.3 Å². The van der Waals surface area contributed by atoms with Crippen molar-refractivity contribution in [3.63, 3.8) is 0 Å². The van der Waals surface area contributed by atoms with Crippen LogP contribution in [-0.2, 0) is 11.8 Å². The fourth-order valence-corrected chi connectivity index (χ4v) is 2.06. The number of aliphatic hydroxyl groups is 1. The predicted molar refractivity (Wildman–Crippen MR) is 64.5 cm³/mol. The zero-order valence-electron chi connectivity index (χ0n) is 10.2. The highest BCUT2D eigenvalue weighted by Gasteiger charge is 2.34. The van der Waals surface area contributed by atoms with E-state index < -0.39 is 12.6 Å². The standard InChI is InChI=1S/C13H12N2O4/c1-15-9(7-16)10-11(14-15)18-13(19-12(10)17)8-5-3-2-4-6-8/h2-7,12-13,17H,1H3/t12-,13+/m1/s1. The van der Waals surface area contributed by atoms with Gasteiger partial charge in [0.05, 0.1) is 0 Å². The summed E-state index contributed by atoms with van der Waals surface area (Å²) in [5, 5.41) is 14.1. The fraction of sp³-hybridized carbons (Fsp3) is 0.231. The summed E-state index contributed by atoms with van der Waals surface area (Å²) in [6.07, 6.45) is -1.36. The molecule has 1 N–H and O–H groups in total. The predicted octanol–water partition coefficient (Wildman–Crippen LogP) is 1.33. The highest BCUT2D eigenvalue weighted by molar-refractivity contribution is 5.76. The fourth-order valence-electron chi connectivity index (χ4n) is 2.06. The average Bonchev–Trinajstić information content (AvgIpc) is 2.75. The number of nitrogens with zero attached hydrogens (tertiary/aromatic N) is 2. The van der Waals surface area contributed by atoms with E-state index >= 15 is 0 Å². The van der Waals surface area contributed by atoms with Crippen LogP contribution >= 0.6 is 0 Å². The Morgan fingerprint density at radius 1 is 1.37 bits per heavy atom. The Labute approximate surface area is 109 Å². The van der Waals surface area contributed by atoms with Crippen molar-refractivity contribution in [1.29, 1.82) is 0 Å². The van der Waals surface area contributed by atoms with E-state index in [9.17, 15) is 9.90 Å². The van der Waals surface area contributed by atoms with Crippen molar-refractivity contribution in [1.82, 2.24) is 9.78 Å². The first kappa shape index (κ1) is 11.9. The summed E-state index contributed by atoms with van der Waals surface area (Å²) in [4.78, 5) is 11.0. The van der Waals surface area contributed by atoms with Gasteiger partial charge in [0, 0.05) is 12.6 Å². The first-order valence-corrected chi connectivity index (χ1v) is 5.78. The van der Waals surface area contributed by atoms with Crippen LogP contribution in [0.15, 0.2) is 30.3 Å². The van der Waals surface area contributed by atoms with E-state index in [0.29, 0.717) is 6.29 Å². The Hall–Kier alpha value is -2.18. The molecule has 1 aliphatic heterocycles. The SMILES string of the molecule is Cn1nc2c(c1C=O)[C@H](O)O[C@@H](c1ccccc1)O2. The van der Waals surface area contributed by atoms with E-state index in [4.69, 9.17) is 9.47 Å². The molecular weight excluding hydrogens is 248 g/mol. The number of benzene rings is 1. The Kier molecular flexibility index (Phi) is 2.81. The summed E-state index contributed by atoms with van der Waals surface area (Å²) in [5.41, 5.74) is 1.28. The van der Waals surface area contributed by atoms with Gasteiger partial charge < -0.3 is 14.6 Å². The van der Waals surface area contributed by atoms with E-state index in [-0.39, 0.29) is 17.1 Å². The van der Waals surface area contributed by atoms with Gasteiger partial charge in [0.15, 0.2) is 12.6 Å². The maximum Gasteiger partial charge on any atom is 0.244 e. The first-order valence-electron chi connectivity index (χ1n) is 5.78. The molecule has 0 spiro atoms. The molecule has 2 heterocycles. The lowest BCUT2D eigenvalue weighted by atomic mass is 10.2. The number of aryl methyl sites for hydroxylation is 1. The van der Waals surface area contributed by atoms with Crippen LogP contribution in [0.2, 0.25) is 0 Å². The monoisotopic (exact) mass is 260 g/mol. The number of hydrogen-bond donors (Lipinski definition) is 1. The molecular formula is C13H12N2O4. The third kappa shape index (κ3) is 1.91. The summed E-state index contributed by atoms with van der Waals surface area (Å²) >= 11 is 0. The van der Waals surface area contributed by atoms with E-state index in [1.54, 1.807) is 7.05 Å². The quantitative estimate of drug-likeness (QED) is 0.825. The summed E-state index contributed by atoms with van der Waals surface area (Å²) in [6.45, 7) is 0. The van der Waals surface area contributed by atoms with Crippen LogP contribution in [-0.4, -0.2) is 21.2 Å². The minimum Gasteiger partial charge on any atom is -0.442 e. The van der Waals surface area contributed by atoms with Crippen LogP contribution < -0.4 is 4.74 Å². The second-order valence-electron chi connectivity index (χ2n) is 4.19. The second kappa shape index (κ2) is 4.49. The van der Waals surface area contributed by atoms with Crippen LogP contribution in [0.5, 0.6) is 5.88 Å². The number of aldehydes is 1. The lowest BCUT2D eigenvalue weighted by Gasteiger charge is -2.27. The molecule has 0 radical (unpaired) electrons. The Bertz CT molecular complexity index is 609. The Morgan fingerprint density at radius 3 is 2.79 bits per heavy atom. The number of ether oxygens (including phenoxy) is 2. The molecule has 0 amide bonds. The van der Waals surface area contributed by atoms with Crippen molar-refractivity contribution in [2.45, 2.75) is 12.6 Å². The zero-order valence-corrected chi connectivity index (χ0v) is 10.2. The minimum atomic E-state index is -1.23. The molecule has 19 heavy (non-hydrogen) atoms. The maximum atomic E-state index is 11.0. The maximum absolute atomic E-state index is 11.0. The molecule has 1 aromatic carbocycles. The molecule has 0 fully saturated rings. The number of fused-ring (bicyclic) bond motifs is 1. The molecule has 3 rings (SSSR count). The molecule has 0 aliphatic carbocycles. The van der Waals surface area contributed by atoms with Gasteiger partial charge in [-0.15, -0.1) is 5.10 Å². The van der Waals surface area contributed by atoms with Crippen molar-refractivity contribution in [3.05, 3.63) is 47.2 Å². The number of aliphatic hydroxyl groups excluding tert-OH is 1. The van der Waals surface area contributed by atoms with E-state index in [1.165, 1.54) is 4.68 Å². The van der Waals surface area contributed by atoms with Crippen LogP contribution in [0.3, 0.4) is 0 Å². The normalized spacial score (nSPS) is 21.6. The van der Waals surface area contributed by atoms with Gasteiger partial charge in [-0.2, -0.15) is 0 Å². The highest BCUT2D eigenvalue weighted by atomic mass is 16.7. The molecule has 98 valence electrons. The first-order chi connectivity index (χ1) is 9.20. The number of rotatable bonds is 2. The van der Waals surface area contributed by atoms with Crippen molar-refractivity contribution in [2.24, 2.45) is 7.05 Å². The van der Waals surface area contributed by atoms with E-state index in [2.05, 4.69) is 5.10 Å². The van der Waals surface area contributed by atoms with Gasteiger partial charge in [-0.3, -0.25) is 9.48 Å². The highest BCUT2D eigenvalue weighted by Crippen LogP contribution is 2.39. The number of aromatic nitrogens is 2. The molecule has 2 atom stereocenters. The third-order valence-corrected chi connectivity index (χ3v) is 3.00. The third-order valence-electron chi connectivity index (χ3n) is 3.00. The van der Waals surface area contributed by atoms with Gasteiger partial charge in [0.1, 0.15) is 11.3 Å². The van der Waals surface area contributed by atoms with Crippen molar-refractivity contribution in [2.75, 3.05) is 0 Å². The molecule has 0 unspecified atom stereocenters. The van der Waals surface area contributed by atoms with Crippen LogP contribution in [0.1, 0.15) is 34.2 Å².